The highest BCUT2D eigenvalue weighted by Gasteiger charge is 2.38. The first-order valence-corrected chi connectivity index (χ1v) is 9.72. The molecule has 1 unspecified atom stereocenters. The van der Waals surface area contributed by atoms with E-state index >= 15 is 0 Å². The number of halogens is 2. The number of aromatic nitrogens is 4. The van der Waals surface area contributed by atoms with Gasteiger partial charge in [-0.1, -0.05) is 40.8 Å². The third kappa shape index (κ3) is 3.41. The molecule has 1 aromatic carbocycles. The molecule has 27 heavy (non-hydrogen) atoms. The maximum Gasteiger partial charge on any atom is 0.338 e. The first-order chi connectivity index (χ1) is 13.1. The predicted octanol–water partition coefficient (Wildman–Crippen LogP) is 4.14. The minimum atomic E-state index is -0.659. The van der Waals surface area contributed by atoms with Gasteiger partial charge in [-0.05, 0) is 55.2 Å². The lowest BCUT2D eigenvalue weighted by atomic mass is 9.94. The summed E-state index contributed by atoms with van der Waals surface area (Å²) < 4.78 is 7.33. The SMILES string of the molecule is CC1=C(C(=O)OC2CCCCC2)C(c2c(Cl)cccc2Cl)n2nnnc2N1. The van der Waals surface area contributed by atoms with Gasteiger partial charge in [-0.3, -0.25) is 0 Å². The molecule has 1 atom stereocenters. The molecule has 1 aliphatic heterocycles. The summed E-state index contributed by atoms with van der Waals surface area (Å²) in [5, 5.41) is 15.7. The maximum absolute atomic E-state index is 13.1. The van der Waals surface area contributed by atoms with E-state index in [0.29, 0.717) is 32.8 Å². The summed E-state index contributed by atoms with van der Waals surface area (Å²) in [6, 6.07) is 4.56. The Morgan fingerprint density at radius 2 is 1.93 bits per heavy atom. The summed E-state index contributed by atoms with van der Waals surface area (Å²) in [6.45, 7) is 1.80. The van der Waals surface area contributed by atoms with Gasteiger partial charge in [0.2, 0.25) is 5.95 Å². The molecule has 0 radical (unpaired) electrons. The molecule has 0 spiro atoms. The fraction of sp³-hybridized carbons (Fsp3) is 0.444. The number of esters is 1. The number of allylic oxidation sites excluding steroid dienone is 1. The molecule has 9 heteroatoms. The quantitative estimate of drug-likeness (QED) is 0.769. The molecule has 4 rings (SSSR count). The van der Waals surface area contributed by atoms with E-state index in [1.54, 1.807) is 25.1 Å². The number of nitrogens with zero attached hydrogens (tertiary/aromatic N) is 4. The van der Waals surface area contributed by atoms with Crippen LogP contribution in [0.15, 0.2) is 29.5 Å². The fourth-order valence-corrected chi connectivity index (χ4v) is 4.32. The van der Waals surface area contributed by atoms with Crippen LogP contribution >= 0.6 is 23.2 Å². The van der Waals surface area contributed by atoms with Crippen LogP contribution in [0.5, 0.6) is 0 Å². The zero-order chi connectivity index (χ0) is 19.0. The predicted molar refractivity (Wildman–Crippen MR) is 102 cm³/mol. The Morgan fingerprint density at radius 1 is 1.22 bits per heavy atom. The summed E-state index contributed by atoms with van der Waals surface area (Å²) in [4.78, 5) is 13.1. The molecule has 1 saturated carbocycles. The highest BCUT2D eigenvalue weighted by molar-refractivity contribution is 6.36. The topological polar surface area (TPSA) is 81.9 Å². The fourth-order valence-electron chi connectivity index (χ4n) is 3.71. The van der Waals surface area contributed by atoms with Gasteiger partial charge in [0.05, 0.1) is 5.57 Å². The van der Waals surface area contributed by atoms with Crippen molar-refractivity contribution in [3.63, 3.8) is 0 Å². The molecule has 142 valence electrons. The number of tetrazole rings is 1. The number of carbonyl (C=O) groups is 1. The number of fused-ring (bicyclic) bond motifs is 1. The molecule has 2 aliphatic rings. The van der Waals surface area contributed by atoms with Crippen molar-refractivity contribution in [2.75, 3.05) is 5.32 Å². The van der Waals surface area contributed by atoms with Crippen molar-refractivity contribution in [1.82, 2.24) is 20.2 Å². The summed E-state index contributed by atoms with van der Waals surface area (Å²) >= 11 is 12.9. The van der Waals surface area contributed by atoms with Crippen molar-refractivity contribution in [3.8, 4) is 0 Å². The highest BCUT2D eigenvalue weighted by atomic mass is 35.5. The number of carbonyl (C=O) groups excluding carboxylic acids is 1. The zero-order valence-corrected chi connectivity index (χ0v) is 16.3. The molecular formula is C18H19Cl2N5O2. The Bertz CT molecular complexity index is 885. The van der Waals surface area contributed by atoms with Crippen molar-refractivity contribution < 1.29 is 9.53 Å². The lowest BCUT2D eigenvalue weighted by molar-refractivity contribution is -0.146. The summed E-state index contributed by atoms with van der Waals surface area (Å²) in [7, 11) is 0. The number of nitrogens with one attached hydrogen (secondary N) is 1. The second-order valence-electron chi connectivity index (χ2n) is 6.81. The lowest BCUT2D eigenvalue weighted by Gasteiger charge is -2.30. The minimum Gasteiger partial charge on any atom is -0.459 e. The molecule has 1 aliphatic carbocycles. The number of ether oxygens (including phenoxy) is 1. The van der Waals surface area contributed by atoms with Crippen LogP contribution in [-0.2, 0) is 9.53 Å². The van der Waals surface area contributed by atoms with Crippen molar-refractivity contribution in [1.29, 1.82) is 0 Å². The van der Waals surface area contributed by atoms with E-state index in [-0.39, 0.29) is 6.10 Å². The van der Waals surface area contributed by atoms with E-state index in [9.17, 15) is 4.79 Å². The van der Waals surface area contributed by atoms with Gasteiger partial charge in [0.25, 0.3) is 0 Å². The van der Waals surface area contributed by atoms with Crippen LogP contribution in [0.4, 0.5) is 5.95 Å². The molecule has 1 N–H and O–H groups in total. The molecule has 2 heterocycles. The van der Waals surface area contributed by atoms with Crippen molar-refractivity contribution in [2.24, 2.45) is 0 Å². The Hall–Kier alpha value is -2.12. The Kier molecular flexibility index (Phi) is 5.06. The summed E-state index contributed by atoms with van der Waals surface area (Å²) in [5.74, 6) is 0.0248. The maximum atomic E-state index is 13.1. The zero-order valence-electron chi connectivity index (χ0n) is 14.8. The van der Waals surface area contributed by atoms with Crippen LogP contribution in [0.1, 0.15) is 50.6 Å². The van der Waals surface area contributed by atoms with E-state index < -0.39 is 12.0 Å². The van der Waals surface area contributed by atoms with Crippen LogP contribution < -0.4 is 5.32 Å². The average molecular weight is 408 g/mol. The monoisotopic (exact) mass is 407 g/mol. The molecule has 0 amide bonds. The highest BCUT2D eigenvalue weighted by Crippen LogP contribution is 2.41. The molecule has 0 saturated heterocycles. The van der Waals surface area contributed by atoms with E-state index in [2.05, 4.69) is 20.8 Å². The summed E-state index contributed by atoms with van der Waals surface area (Å²) in [5.41, 5.74) is 1.61. The third-order valence-corrected chi connectivity index (χ3v) is 5.69. The molecule has 1 fully saturated rings. The van der Waals surface area contributed by atoms with Crippen LogP contribution in [0.2, 0.25) is 10.0 Å². The van der Waals surface area contributed by atoms with Gasteiger partial charge in [-0.2, -0.15) is 4.68 Å². The van der Waals surface area contributed by atoms with Gasteiger partial charge in [0.1, 0.15) is 12.1 Å². The van der Waals surface area contributed by atoms with Gasteiger partial charge >= 0.3 is 5.97 Å². The first-order valence-electron chi connectivity index (χ1n) is 8.97. The van der Waals surface area contributed by atoms with Crippen LogP contribution in [0.25, 0.3) is 0 Å². The van der Waals surface area contributed by atoms with E-state index in [1.165, 1.54) is 11.1 Å². The third-order valence-electron chi connectivity index (χ3n) is 5.03. The normalized spacial score (nSPS) is 20.2. The van der Waals surface area contributed by atoms with Gasteiger partial charge in [0.15, 0.2) is 0 Å². The Balaban J connectivity index is 1.76. The average Bonchev–Trinajstić information content (AvgIpc) is 3.10. The standard InChI is InChI=1S/C18H19Cl2N5O2/c1-10-14(17(26)27-11-6-3-2-4-7-11)16(25-18(21-10)22-23-24-25)15-12(19)8-5-9-13(15)20/h5,8-9,11,16H,2-4,6-7H2,1H3,(H,21,22,24). The minimum absolute atomic E-state index is 0.0656. The van der Waals surface area contributed by atoms with Gasteiger partial charge in [-0.15, -0.1) is 0 Å². The molecule has 7 nitrogen and oxygen atoms in total. The number of anilines is 1. The van der Waals surface area contributed by atoms with E-state index in [1.807, 2.05) is 0 Å². The second-order valence-corrected chi connectivity index (χ2v) is 7.63. The number of benzene rings is 1. The first kappa shape index (κ1) is 18.3. The van der Waals surface area contributed by atoms with Crippen molar-refractivity contribution in [2.45, 2.75) is 51.2 Å². The van der Waals surface area contributed by atoms with Gasteiger partial charge < -0.3 is 10.1 Å². The second kappa shape index (κ2) is 7.48. The largest absolute Gasteiger partial charge is 0.459 e. The summed E-state index contributed by atoms with van der Waals surface area (Å²) in [6.07, 6.45) is 5.04. The lowest BCUT2D eigenvalue weighted by Crippen LogP contribution is -2.32. The molecule has 2 aromatic rings. The smallest absolute Gasteiger partial charge is 0.338 e. The van der Waals surface area contributed by atoms with Gasteiger partial charge in [-0.25, -0.2) is 4.79 Å². The van der Waals surface area contributed by atoms with Crippen molar-refractivity contribution in [3.05, 3.63) is 45.1 Å². The molecule has 0 bridgehead atoms. The van der Waals surface area contributed by atoms with Crippen LogP contribution in [-0.4, -0.2) is 32.3 Å². The van der Waals surface area contributed by atoms with Crippen LogP contribution in [0.3, 0.4) is 0 Å². The number of hydrogen-bond acceptors (Lipinski definition) is 6. The Labute approximate surface area is 166 Å². The van der Waals surface area contributed by atoms with Crippen LogP contribution in [0, 0.1) is 0 Å². The van der Waals surface area contributed by atoms with E-state index in [0.717, 1.165) is 25.7 Å². The van der Waals surface area contributed by atoms with E-state index in [4.69, 9.17) is 27.9 Å². The molecular weight excluding hydrogens is 389 g/mol. The molecule has 1 aromatic heterocycles. The van der Waals surface area contributed by atoms with Crippen molar-refractivity contribution >= 4 is 35.1 Å². The van der Waals surface area contributed by atoms with Gasteiger partial charge in [0, 0.05) is 21.3 Å². The number of rotatable bonds is 3. The number of hydrogen-bond donors (Lipinski definition) is 1. The Morgan fingerprint density at radius 3 is 2.63 bits per heavy atom.